The van der Waals surface area contributed by atoms with Crippen molar-refractivity contribution in [1.29, 1.82) is 0 Å². The molecule has 0 heterocycles. The quantitative estimate of drug-likeness (QED) is 0.848. The van der Waals surface area contributed by atoms with Gasteiger partial charge in [-0.25, -0.2) is 0 Å². The van der Waals surface area contributed by atoms with Crippen LogP contribution in [0.1, 0.15) is 21.5 Å². The Morgan fingerprint density at radius 3 is 2.60 bits per heavy atom. The van der Waals surface area contributed by atoms with Gasteiger partial charge in [0.05, 0.1) is 0 Å². The molecule has 0 atom stereocenters. The smallest absolute Gasteiger partial charge is 0.251 e. The molecule has 0 aliphatic heterocycles. The molecule has 2 aromatic rings. The first-order chi connectivity index (χ1) is 9.61. The van der Waals surface area contributed by atoms with Gasteiger partial charge in [0.25, 0.3) is 5.91 Å². The number of aromatic hydroxyl groups is 1. The number of benzene rings is 2. The van der Waals surface area contributed by atoms with E-state index in [0.717, 1.165) is 16.0 Å². The highest BCUT2D eigenvalue weighted by Gasteiger charge is 2.08. The van der Waals surface area contributed by atoms with Gasteiger partial charge in [-0.15, -0.1) is 11.8 Å². The van der Waals surface area contributed by atoms with Gasteiger partial charge in [0.1, 0.15) is 5.75 Å². The minimum atomic E-state index is -0.0937. The predicted molar refractivity (Wildman–Crippen MR) is 82.2 cm³/mol. The van der Waals surface area contributed by atoms with Crippen molar-refractivity contribution < 1.29 is 9.90 Å². The lowest BCUT2D eigenvalue weighted by Crippen LogP contribution is -2.23. The highest BCUT2D eigenvalue weighted by atomic mass is 32.2. The molecule has 0 saturated carbocycles. The zero-order valence-electron chi connectivity index (χ0n) is 11.5. The Bertz CT molecular complexity index is 611. The Labute approximate surface area is 123 Å². The Hall–Kier alpha value is -1.94. The van der Waals surface area contributed by atoms with Gasteiger partial charge < -0.3 is 10.4 Å². The van der Waals surface area contributed by atoms with Gasteiger partial charge in [0.2, 0.25) is 0 Å². The number of amides is 1. The summed E-state index contributed by atoms with van der Waals surface area (Å²) in [5.41, 5.74) is 2.62. The number of carbonyl (C=O) groups excluding carboxylic acids is 1. The van der Waals surface area contributed by atoms with Crippen molar-refractivity contribution in [2.75, 3.05) is 6.26 Å². The molecule has 2 N–H and O–H groups in total. The number of phenols is 1. The molecule has 4 heteroatoms. The molecule has 0 fully saturated rings. The molecule has 2 rings (SSSR count). The fourth-order valence-electron chi connectivity index (χ4n) is 1.94. The van der Waals surface area contributed by atoms with E-state index in [1.807, 2.05) is 37.4 Å². The number of hydrogen-bond donors (Lipinski definition) is 2. The van der Waals surface area contributed by atoms with Crippen molar-refractivity contribution in [1.82, 2.24) is 5.32 Å². The Balaban J connectivity index is 2.09. The van der Waals surface area contributed by atoms with Gasteiger partial charge in [0, 0.05) is 17.0 Å². The molecule has 0 aliphatic carbocycles. The van der Waals surface area contributed by atoms with Crippen LogP contribution in [-0.4, -0.2) is 17.3 Å². The zero-order chi connectivity index (χ0) is 14.5. The van der Waals surface area contributed by atoms with Crippen LogP contribution in [0.4, 0.5) is 0 Å². The minimum absolute atomic E-state index is 0.0937. The first-order valence-corrected chi connectivity index (χ1v) is 7.54. The second kappa shape index (κ2) is 6.48. The van der Waals surface area contributed by atoms with Crippen LogP contribution in [0.25, 0.3) is 0 Å². The van der Waals surface area contributed by atoms with E-state index in [0.29, 0.717) is 12.1 Å². The molecule has 0 unspecified atom stereocenters. The highest BCUT2D eigenvalue weighted by molar-refractivity contribution is 7.98. The lowest BCUT2D eigenvalue weighted by molar-refractivity contribution is 0.0951. The molecule has 0 aliphatic rings. The van der Waals surface area contributed by atoms with E-state index in [4.69, 9.17) is 0 Å². The molecule has 1 amide bonds. The summed E-state index contributed by atoms with van der Waals surface area (Å²) in [5.74, 6) is 0.192. The van der Waals surface area contributed by atoms with Crippen LogP contribution in [0, 0.1) is 6.92 Å². The monoisotopic (exact) mass is 287 g/mol. The molecular weight excluding hydrogens is 270 g/mol. The molecule has 3 nitrogen and oxygen atoms in total. The molecule has 0 bridgehead atoms. The van der Waals surface area contributed by atoms with E-state index in [9.17, 15) is 9.90 Å². The molecule has 0 radical (unpaired) electrons. The molecule has 0 aromatic heterocycles. The number of hydrogen-bond acceptors (Lipinski definition) is 3. The van der Waals surface area contributed by atoms with Crippen molar-refractivity contribution in [2.24, 2.45) is 0 Å². The normalized spacial score (nSPS) is 10.3. The number of phenolic OH excluding ortho intramolecular Hbond substituents is 1. The van der Waals surface area contributed by atoms with Gasteiger partial charge >= 0.3 is 0 Å². The standard InChI is InChI=1S/C16H17NO2S/c1-11-8-14(18)15(20-2)9-13(11)10-17-16(19)12-6-4-3-5-7-12/h3-9,18H,10H2,1-2H3,(H,17,19). The lowest BCUT2D eigenvalue weighted by Gasteiger charge is -2.11. The van der Waals surface area contributed by atoms with Crippen LogP contribution in [0.15, 0.2) is 47.4 Å². The van der Waals surface area contributed by atoms with E-state index in [1.54, 1.807) is 18.2 Å². The second-order valence-electron chi connectivity index (χ2n) is 4.50. The van der Waals surface area contributed by atoms with Gasteiger partial charge in [-0.1, -0.05) is 18.2 Å². The van der Waals surface area contributed by atoms with Gasteiger partial charge in [-0.2, -0.15) is 0 Å². The molecule has 20 heavy (non-hydrogen) atoms. The average molecular weight is 287 g/mol. The average Bonchev–Trinajstić information content (AvgIpc) is 2.47. The van der Waals surface area contributed by atoms with Crippen LogP contribution >= 0.6 is 11.8 Å². The van der Waals surface area contributed by atoms with Crippen LogP contribution < -0.4 is 5.32 Å². The predicted octanol–water partition coefficient (Wildman–Crippen LogP) is 3.35. The summed E-state index contributed by atoms with van der Waals surface area (Å²) in [6.45, 7) is 2.38. The zero-order valence-corrected chi connectivity index (χ0v) is 12.3. The van der Waals surface area contributed by atoms with Gasteiger partial charge in [0.15, 0.2) is 0 Å². The van der Waals surface area contributed by atoms with Crippen molar-refractivity contribution in [3.63, 3.8) is 0 Å². The summed E-state index contributed by atoms with van der Waals surface area (Å²) < 4.78 is 0. The maximum absolute atomic E-state index is 12.0. The summed E-state index contributed by atoms with van der Waals surface area (Å²) in [4.78, 5) is 12.8. The maximum Gasteiger partial charge on any atom is 0.251 e. The van der Waals surface area contributed by atoms with Crippen LogP contribution in [-0.2, 0) is 6.54 Å². The molecule has 2 aromatic carbocycles. The van der Waals surface area contributed by atoms with E-state index in [2.05, 4.69) is 5.32 Å². The van der Waals surface area contributed by atoms with Crippen LogP contribution in [0.2, 0.25) is 0 Å². The third kappa shape index (κ3) is 3.33. The molecule has 104 valence electrons. The first-order valence-electron chi connectivity index (χ1n) is 6.31. The summed E-state index contributed by atoms with van der Waals surface area (Å²) in [6.07, 6.45) is 1.91. The van der Waals surface area contributed by atoms with E-state index in [-0.39, 0.29) is 11.7 Å². The van der Waals surface area contributed by atoms with E-state index < -0.39 is 0 Å². The minimum Gasteiger partial charge on any atom is -0.507 e. The van der Waals surface area contributed by atoms with Crippen LogP contribution in [0.5, 0.6) is 5.75 Å². The summed E-state index contributed by atoms with van der Waals surface area (Å²) >= 11 is 1.49. The second-order valence-corrected chi connectivity index (χ2v) is 5.35. The maximum atomic E-state index is 12.0. The van der Waals surface area contributed by atoms with Gasteiger partial charge in [-0.3, -0.25) is 4.79 Å². The van der Waals surface area contributed by atoms with Crippen molar-refractivity contribution in [2.45, 2.75) is 18.4 Å². The van der Waals surface area contributed by atoms with Crippen molar-refractivity contribution in [3.8, 4) is 5.75 Å². The number of thioether (sulfide) groups is 1. The SMILES string of the molecule is CSc1cc(CNC(=O)c2ccccc2)c(C)cc1O. The van der Waals surface area contributed by atoms with Gasteiger partial charge in [-0.05, 0) is 48.6 Å². The first kappa shape index (κ1) is 14.5. The molecule has 0 saturated heterocycles. The fraction of sp³-hybridized carbons (Fsp3) is 0.188. The Kier molecular flexibility index (Phi) is 4.69. The van der Waals surface area contributed by atoms with Crippen molar-refractivity contribution in [3.05, 3.63) is 59.2 Å². The fourth-order valence-corrected chi connectivity index (χ4v) is 2.46. The van der Waals surface area contributed by atoms with E-state index in [1.165, 1.54) is 11.8 Å². The molecule has 0 spiro atoms. The largest absolute Gasteiger partial charge is 0.507 e. The van der Waals surface area contributed by atoms with Crippen LogP contribution in [0.3, 0.4) is 0 Å². The van der Waals surface area contributed by atoms with E-state index >= 15 is 0 Å². The summed E-state index contributed by atoms with van der Waals surface area (Å²) in [6, 6.07) is 12.8. The number of rotatable bonds is 4. The topological polar surface area (TPSA) is 49.3 Å². The Morgan fingerprint density at radius 2 is 1.95 bits per heavy atom. The third-order valence-electron chi connectivity index (χ3n) is 3.11. The summed E-state index contributed by atoms with van der Waals surface area (Å²) in [5, 5.41) is 12.7. The Morgan fingerprint density at radius 1 is 1.25 bits per heavy atom. The lowest BCUT2D eigenvalue weighted by atomic mass is 10.1. The third-order valence-corrected chi connectivity index (χ3v) is 3.88. The number of carbonyl (C=O) groups is 1. The molecular formula is C16H17NO2S. The summed E-state index contributed by atoms with van der Waals surface area (Å²) in [7, 11) is 0. The van der Waals surface area contributed by atoms with Crippen molar-refractivity contribution >= 4 is 17.7 Å². The number of aryl methyl sites for hydroxylation is 1. The highest BCUT2D eigenvalue weighted by Crippen LogP contribution is 2.29. The number of nitrogens with one attached hydrogen (secondary N) is 1.